The van der Waals surface area contributed by atoms with Gasteiger partial charge in [0.15, 0.2) is 0 Å². The van der Waals surface area contributed by atoms with Crippen LogP contribution in [0.25, 0.3) is 21.1 Å². The van der Waals surface area contributed by atoms with E-state index in [1.54, 1.807) is 23.6 Å². The molecule has 27 heavy (non-hydrogen) atoms. The van der Waals surface area contributed by atoms with Crippen molar-refractivity contribution in [1.82, 2.24) is 19.2 Å². The summed E-state index contributed by atoms with van der Waals surface area (Å²) in [6, 6.07) is 2.09. The van der Waals surface area contributed by atoms with Gasteiger partial charge >= 0.3 is 0 Å². The van der Waals surface area contributed by atoms with Crippen LogP contribution in [-0.2, 0) is 17.9 Å². The summed E-state index contributed by atoms with van der Waals surface area (Å²) in [7, 11) is 0. The van der Waals surface area contributed by atoms with Gasteiger partial charge in [-0.15, -0.1) is 17.9 Å². The minimum atomic E-state index is -0.210. The molecule has 0 spiro atoms. The Morgan fingerprint density at radius 1 is 1.30 bits per heavy atom. The largest absolute Gasteiger partial charge is 0.341 e. The molecule has 0 unspecified atom stereocenters. The summed E-state index contributed by atoms with van der Waals surface area (Å²) in [5.41, 5.74) is 1.43. The molecular formula is C20H24N4O2S. The number of allylic oxidation sites excluding steroid dienone is 1. The first-order valence-electron chi connectivity index (χ1n) is 9.47. The number of nitrogens with zero attached hydrogens (tertiary/aromatic N) is 4. The maximum Gasteiger partial charge on any atom is 0.291 e. The van der Waals surface area contributed by atoms with Crippen LogP contribution in [0.4, 0.5) is 0 Å². The van der Waals surface area contributed by atoms with Crippen LogP contribution >= 0.6 is 11.3 Å². The zero-order valence-corrected chi connectivity index (χ0v) is 16.4. The predicted molar refractivity (Wildman–Crippen MR) is 109 cm³/mol. The van der Waals surface area contributed by atoms with E-state index in [9.17, 15) is 9.59 Å². The number of thiophene rings is 1. The molecule has 3 aromatic rings. The van der Waals surface area contributed by atoms with Gasteiger partial charge in [0.2, 0.25) is 5.91 Å². The zero-order chi connectivity index (χ0) is 19.0. The number of aryl methyl sites for hydroxylation is 1. The van der Waals surface area contributed by atoms with Gasteiger partial charge in [-0.25, -0.2) is 4.68 Å². The van der Waals surface area contributed by atoms with Crippen molar-refractivity contribution in [2.75, 3.05) is 13.1 Å². The average Bonchev–Trinajstić information content (AvgIpc) is 3.00. The molecule has 0 aromatic carbocycles. The summed E-state index contributed by atoms with van der Waals surface area (Å²) in [5, 5.41) is 5.18. The number of carbonyl (C=O) groups excluding carboxylic acids is 1. The number of aromatic nitrogens is 3. The predicted octanol–water partition coefficient (Wildman–Crippen LogP) is 3.31. The molecule has 6 nitrogen and oxygen atoms in total. The number of rotatable bonds is 4. The Labute approximate surface area is 161 Å². The van der Waals surface area contributed by atoms with E-state index >= 15 is 0 Å². The monoisotopic (exact) mass is 384 g/mol. The first-order valence-corrected chi connectivity index (χ1v) is 10.3. The van der Waals surface area contributed by atoms with Crippen LogP contribution in [0.3, 0.4) is 0 Å². The lowest BCUT2D eigenvalue weighted by atomic mass is 10.2. The van der Waals surface area contributed by atoms with Crippen molar-refractivity contribution in [3.05, 3.63) is 40.1 Å². The molecule has 0 atom stereocenters. The van der Waals surface area contributed by atoms with Crippen molar-refractivity contribution in [3.8, 4) is 0 Å². The van der Waals surface area contributed by atoms with Crippen molar-refractivity contribution in [3.63, 3.8) is 0 Å². The third-order valence-corrected chi connectivity index (χ3v) is 6.29. The third-order valence-electron chi connectivity index (χ3n) is 5.21. The number of hydrogen-bond donors (Lipinski definition) is 0. The fourth-order valence-corrected chi connectivity index (χ4v) is 4.93. The second-order valence-corrected chi connectivity index (χ2v) is 8.39. The Kier molecular flexibility index (Phi) is 4.86. The average molecular weight is 385 g/mol. The molecule has 4 rings (SSSR count). The molecule has 0 bridgehead atoms. The topological polar surface area (TPSA) is 60.1 Å². The van der Waals surface area contributed by atoms with Gasteiger partial charge in [0, 0.05) is 29.9 Å². The van der Waals surface area contributed by atoms with E-state index in [0.717, 1.165) is 41.5 Å². The summed E-state index contributed by atoms with van der Waals surface area (Å²) in [6.07, 6.45) is 7.91. The van der Waals surface area contributed by atoms with Crippen LogP contribution in [-0.4, -0.2) is 38.2 Å². The molecule has 1 aliphatic heterocycles. The second kappa shape index (κ2) is 7.31. The molecule has 0 aliphatic carbocycles. The molecule has 1 amide bonds. The van der Waals surface area contributed by atoms with E-state index in [1.807, 2.05) is 9.47 Å². The minimum Gasteiger partial charge on any atom is -0.341 e. The van der Waals surface area contributed by atoms with Gasteiger partial charge < -0.3 is 9.47 Å². The Morgan fingerprint density at radius 3 is 2.74 bits per heavy atom. The van der Waals surface area contributed by atoms with Crippen molar-refractivity contribution in [1.29, 1.82) is 0 Å². The molecule has 1 fully saturated rings. The van der Waals surface area contributed by atoms with Crippen LogP contribution in [0, 0.1) is 6.92 Å². The van der Waals surface area contributed by atoms with Crippen molar-refractivity contribution in [2.45, 2.75) is 45.7 Å². The number of fused-ring (bicyclic) bond motifs is 3. The van der Waals surface area contributed by atoms with E-state index in [4.69, 9.17) is 0 Å². The Balaban J connectivity index is 1.75. The lowest BCUT2D eigenvalue weighted by Gasteiger charge is -2.20. The highest BCUT2D eigenvalue weighted by molar-refractivity contribution is 7.20. The first-order chi connectivity index (χ1) is 13.1. The van der Waals surface area contributed by atoms with E-state index in [0.29, 0.717) is 12.1 Å². The SMILES string of the molecule is C=CCn1c2cc(C)sc2c2cnn(CC(=O)N3CCCCCC3)c(=O)c21. The minimum absolute atomic E-state index is 0.000713. The number of likely N-dealkylation sites (tertiary alicyclic amines) is 1. The molecule has 4 heterocycles. The molecule has 0 radical (unpaired) electrons. The first kappa shape index (κ1) is 18.0. The maximum atomic E-state index is 13.1. The summed E-state index contributed by atoms with van der Waals surface area (Å²) >= 11 is 1.66. The Morgan fingerprint density at radius 2 is 2.04 bits per heavy atom. The lowest BCUT2D eigenvalue weighted by molar-refractivity contribution is -0.132. The fraction of sp³-hybridized carbons (Fsp3) is 0.450. The van der Waals surface area contributed by atoms with E-state index < -0.39 is 0 Å². The number of amides is 1. The fourth-order valence-electron chi connectivity index (χ4n) is 3.90. The van der Waals surface area contributed by atoms with Gasteiger partial charge in [-0.1, -0.05) is 18.9 Å². The van der Waals surface area contributed by atoms with Crippen molar-refractivity contribution < 1.29 is 4.79 Å². The Hall–Kier alpha value is -2.41. The highest BCUT2D eigenvalue weighted by atomic mass is 32.1. The summed E-state index contributed by atoms with van der Waals surface area (Å²) in [4.78, 5) is 28.9. The van der Waals surface area contributed by atoms with Crippen LogP contribution in [0.5, 0.6) is 0 Å². The van der Waals surface area contributed by atoms with E-state index in [2.05, 4.69) is 24.7 Å². The van der Waals surface area contributed by atoms with Gasteiger partial charge in [-0.3, -0.25) is 9.59 Å². The van der Waals surface area contributed by atoms with E-state index in [-0.39, 0.29) is 18.0 Å². The zero-order valence-electron chi connectivity index (χ0n) is 15.6. The van der Waals surface area contributed by atoms with Crippen LogP contribution < -0.4 is 5.56 Å². The maximum absolute atomic E-state index is 13.1. The molecule has 142 valence electrons. The van der Waals surface area contributed by atoms with Crippen LogP contribution in [0.15, 0.2) is 29.7 Å². The summed E-state index contributed by atoms with van der Waals surface area (Å²) < 4.78 is 4.36. The molecule has 1 aliphatic rings. The highest BCUT2D eigenvalue weighted by Crippen LogP contribution is 2.33. The normalized spacial score (nSPS) is 15.4. The quantitative estimate of drug-likeness (QED) is 0.649. The van der Waals surface area contributed by atoms with Gasteiger partial charge in [-0.05, 0) is 25.8 Å². The molecular weight excluding hydrogens is 360 g/mol. The van der Waals surface area contributed by atoms with Gasteiger partial charge in [0.1, 0.15) is 12.1 Å². The molecule has 3 aromatic heterocycles. The van der Waals surface area contributed by atoms with Crippen molar-refractivity contribution >= 4 is 38.4 Å². The number of hydrogen-bond acceptors (Lipinski definition) is 4. The lowest BCUT2D eigenvalue weighted by Crippen LogP contribution is -2.38. The molecule has 7 heteroatoms. The smallest absolute Gasteiger partial charge is 0.291 e. The number of carbonyl (C=O) groups is 1. The molecule has 1 saturated heterocycles. The highest BCUT2D eigenvalue weighted by Gasteiger charge is 2.20. The molecule has 0 N–H and O–H groups in total. The Bertz CT molecular complexity index is 1070. The second-order valence-electron chi connectivity index (χ2n) is 7.14. The van der Waals surface area contributed by atoms with Crippen molar-refractivity contribution in [2.24, 2.45) is 0 Å². The summed E-state index contributed by atoms with van der Waals surface area (Å²) in [6.45, 7) is 7.99. The summed E-state index contributed by atoms with van der Waals surface area (Å²) in [5.74, 6) is -0.0228. The van der Waals surface area contributed by atoms with E-state index in [1.165, 1.54) is 22.4 Å². The van der Waals surface area contributed by atoms with Crippen LogP contribution in [0.2, 0.25) is 0 Å². The molecule has 0 saturated carbocycles. The van der Waals surface area contributed by atoms with Gasteiger partial charge in [0.05, 0.1) is 16.4 Å². The van der Waals surface area contributed by atoms with Crippen LogP contribution in [0.1, 0.15) is 30.6 Å². The van der Waals surface area contributed by atoms with Gasteiger partial charge in [0.25, 0.3) is 5.56 Å². The standard InChI is InChI=1S/C20H24N4O2S/c1-3-8-23-16-11-14(2)27-19(16)15-12-21-24(20(26)18(15)23)13-17(25)22-9-6-4-5-7-10-22/h3,11-12H,1,4-10,13H2,2H3. The van der Waals surface area contributed by atoms with Gasteiger partial charge in [-0.2, -0.15) is 5.10 Å². The third kappa shape index (κ3) is 3.20.